The van der Waals surface area contributed by atoms with Crippen molar-refractivity contribution >= 4 is 5.91 Å². The molecule has 2 unspecified atom stereocenters. The molecule has 0 aromatic heterocycles. The minimum Gasteiger partial charge on any atom is -0.358 e. The van der Waals surface area contributed by atoms with Gasteiger partial charge in [-0.15, -0.1) is 0 Å². The second kappa shape index (κ2) is 7.58. The topological polar surface area (TPSA) is 58.4 Å². The van der Waals surface area contributed by atoms with Crippen molar-refractivity contribution in [1.29, 1.82) is 0 Å². The lowest BCUT2D eigenvalue weighted by molar-refractivity contribution is -0.190. The van der Waals surface area contributed by atoms with Gasteiger partial charge in [-0.2, -0.15) is 13.2 Å². The number of nitrogens with one attached hydrogen (secondary N) is 1. The lowest BCUT2D eigenvalue weighted by Gasteiger charge is -2.35. The van der Waals surface area contributed by atoms with Gasteiger partial charge in [0.2, 0.25) is 5.91 Å². The summed E-state index contributed by atoms with van der Waals surface area (Å²) in [6.07, 6.45) is -3.70. The normalized spacial score (nSPS) is 15.6. The molecule has 0 saturated carbocycles. The average molecular weight is 269 g/mol. The molecule has 0 aliphatic carbocycles. The minimum atomic E-state index is -4.43. The highest BCUT2D eigenvalue weighted by Gasteiger charge is 2.46. The van der Waals surface area contributed by atoms with Crippen molar-refractivity contribution in [3.05, 3.63) is 0 Å². The van der Waals surface area contributed by atoms with E-state index >= 15 is 0 Å². The van der Waals surface area contributed by atoms with Crippen molar-refractivity contribution in [3.8, 4) is 0 Å². The number of alkyl halides is 3. The standard InChI is InChI=1S/C11H22F3N3O/c1-4-6-17(7-9(18)16-3)10(8(15)5-2)11(12,13)14/h8,10H,4-7,15H2,1-3H3,(H,16,18). The van der Waals surface area contributed by atoms with E-state index in [1.807, 2.05) is 0 Å². The molecule has 0 spiro atoms. The van der Waals surface area contributed by atoms with Crippen LogP contribution in [0.5, 0.6) is 0 Å². The van der Waals surface area contributed by atoms with Crippen LogP contribution in [0.4, 0.5) is 13.2 Å². The monoisotopic (exact) mass is 269 g/mol. The van der Waals surface area contributed by atoms with Gasteiger partial charge in [0.1, 0.15) is 6.04 Å². The van der Waals surface area contributed by atoms with Crippen molar-refractivity contribution < 1.29 is 18.0 Å². The number of halogens is 3. The van der Waals surface area contributed by atoms with Crippen LogP contribution in [0.1, 0.15) is 26.7 Å². The largest absolute Gasteiger partial charge is 0.405 e. The van der Waals surface area contributed by atoms with Crippen molar-refractivity contribution in [2.75, 3.05) is 20.1 Å². The summed E-state index contributed by atoms with van der Waals surface area (Å²) in [5.41, 5.74) is 5.56. The molecule has 4 nitrogen and oxygen atoms in total. The van der Waals surface area contributed by atoms with Crippen molar-refractivity contribution in [2.24, 2.45) is 5.73 Å². The van der Waals surface area contributed by atoms with Gasteiger partial charge in [0.25, 0.3) is 0 Å². The molecule has 0 radical (unpaired) electrons. The van der Waals surface area contributed by atoms with Crippen LogP contribution < -0.4 is 11.1 Å². The summed E-state index contributed by atoms with van der Waals surface area (Å²) < 4.78 is 39.1. The number of hydrogen-bond acceptors (Lipinski definition) is 3. The van der Waals surface area contributed by atoms with Gasteiger partial charge in [-0.25, -0.2) is 0 Å². The molecular formula is C11H22F3N3O. The van der Waals surface area contributed by atoms with E-state index in [-0.39, 0.29) is 19.5 Å². The summed E-state index contributed by atoms with van der Waals surface area (Å²) in [6.45, 7) is 3.27. The van der Waals surface area contributed by atoms with Gasteiger partial charge in [-0.05, 0) is 19.4 Å². The van der Waals surface area contributed by atoms with E-state index in [1.54, 1.807) is 13.8 Å². The molecule has 7 heteroatoms. The zero-order valence-electron chi connectivity index (χ0n) is 11.0. The van der Waals surface area contributed by atoms with Crippen LogP contribution >= 0.6 is 0 Å². The Morgan fingerprint density at radius 2 is 1.94 bits per heavy atom. The number of nitrogens with two attached hydrogens (primary N) is 1. The molecule has 108 valence electrons. The number of likely N-dealkylation sites (N-methyl/N-ethyl adjacent to an activating group) is 1. The Balaban J connectivity index is 5.02. The second-order valence-corrected chi connectivity index (χ2v) is 4.20. The van der Waals surface area contributed by atoms with Gasteiger partial charge in [-0.1, -0.05) is 13.8 Å². The molecule has 0 rings (SSSR count). The molecule has 0 aliphatic rings. The van der Waals surface area contributed by atoms with Gasteiger partial charge < -0.3 is 11.1 Å². The first-order valence-corrected chi connectivity index (χ1v) is 6.04. The molecule has 0 saturated heterocycles. The molecular weight excluding hydrogens is 247 g/mol. The quantitative estimate of drug-likeness (QED) is 0.728. The van der Waals surface area contributed by atoms with Crippen LogP contribution in [-0.2, 0) is 4.79 Å². The molecule has 0 heterocycles. The number of amides is 1. The second-order valence-electron chi connectivity index (χ2n) is 4.20. The van der Waals surface area contributed by atoms with Gasteiger partial charge in [-0.3, -0.25) is 9.69 Å². The molecule has 0 bridgehead atoms. The minimum absolute atomic E-state index is 0.186. The Labute approximate surface area is 106 Å². The Kier molecular flexibility index (Phi) is 7.23. The highest BCUT2D eigenvalue weighted by molar-refractivity contribution is 5.77. The number of carbonyl (C=O) groups excluding carboxylic acids is 1. The van der Waals surface area contributed by atoms with E-state index in [0.717, 1.165) is 4.90 Å². The van der Waals surface area contributed by atoms with Gasteiger partial charge in [0.05, 0.1) is 6.54 Å². The van der Waals surface area contributed by atoms with E-state index in [0.29, 0.717) is 6.42 Å². The highest BCUT2D eigenvalue weighted by Crippen LogP contribution is 2.27. The lowest BCUT2D eigenvalue weighted by atomic mass is 10.0. The Morgan fingerprint density at radius 3 is 2.28 bits per heavy atom. The lowest BCUT2D eigenvalue weighted by Crippen LogP contribution is -2.58. The van der Waals surface area contributed by atoms with E-state index in [9.17, 15) is 18.0 Å². The third-order valence-corrected chi connectivity index (χ3v) is 2.74. The Morgan fingerprint density at radius 1 is 1.39 bits per heavy atom. The predicted octanol–water partition coefficient (Wildman–Crippen LogP) is 1.11. The van der Waals surface area contributed by atoms with Crippen molar-refractivity contribution in [3.63, 3.8) is 0 Å². The van der Waals surface area contributed by atoms with Crippen LogP contribution in [0.2, 0.25) is 0 Å². The smallest absolute Gasteiger partial charge is 0.358 e. The Hall–Kier alpha value is -0.820. The van der Waals surface area contributed by atoms with Gasteiger partial charge >= 0.3 is 6.18 Å². The summed E-state index contributed by atoms with van der Waals surface area (Å²) >= 11 is 0. The van der Waals surface area contributed by atoms with Crippen LogP contribution in [-0.4, -0.2) is 49.2 Å². The third kappa shape index (κ3) is 5.22. The summed E-state index contributed by atoms with van der Waals surface area (Å²) in [6, 6.07) is -2.80. The number of hydrogen-bond donors (Lipinski definition) is 2. The molecule has 0 fully saturated rings. The average Bonchev–Trinajstić information content (AvgIpc) is 2.27. The number of nitrogens with zero attached hydrogens (tertiary/aromatic N) is 1. The van der Waals surface area contributed by atoms with E-state index in [1.165, 1.54) is 7.05 Å². The molecule has 3 N–H and O–H groups in total. The summed E-state index contributed by atoms with van der Waals surface area (Å²) in [5.74, 6) is -0.444. The molecule has 0 aromatic rings. The fourth-order valence-corrected chi connectivity index (χ4v) is 1.81. The fourth-order valence-electron chi connectivity index (χ4n) is 1.81. The van der Waals surface area contributed by atoms with E-state index in [2.05, 4.69) is 5.32 Å². The maximum atomic E-state index is 13.0. The van der Waals surface area contributed by atoms with Crippen molar-refractivity contribution in [2.45, 2.75) is 44.9 Å². The molecule has 1 amide bonds. The molecule has 18 heavy (non-hydrogen) atoms. The van der Waals surface area contributed by atoms with Gasteiger partial charge in [0.15, 0.2) is 0 Å². The summed E-state index contributed by atoms with van der Waals surface area (Å²) in [7, 11) is 1.40. The maximum absolute atomic E-state index is 13.0. The number of rotatable bonds is 7. The first kappa shape index (κ1) is 17.2. The zero-order chi connectivity index (χ0) is 14.3. The Bertz CT molecular complexity index is 258. The van der Waals surface area contributed by atoms with E-state index < -0.39 is 24.2 Å². The summed E-state index contributed by atoms with van der Waals surface area (Å²) in [5, 5.41) is 2.33. The maximum Gasteiger partial charge on any atom is 0.405 e. The summed E-state index contributed by atoms with van der Waals surface area (Å²) in [4.78, 5) is 12.4. The first-order chi connectivity index (χ1) is 8.27. The van der Waals surface area contributed by atoms with Crippen molar-refractivity contribution in [1.82, 2.24) is 10.2 Å². The molecule has 0 aliphatic heterocycles. The highest BCUT2D eigenvalue weighted by atomic mass is 19.4. The molecule has 2 atom stereocenters. The van der Waals surface area contributed by atoms with Crippen LogP contribution in [0.15, 0.2) is 0 Å². The SMILES string of the molecule is CCCN(CC(=O)NC)C(C(N)CC)C(F)(F)F. The van der Waals surface area contributed by atoms with Crippen LogP contribution in [0.25, 0.3) is 0 Å². The molecule has 0 aromatic carbocycles. The zero-order valence-corrected chi connectivity index (χ0v) is 11.0. The van der Waals surface area contributed by atoms with Gasteiger partial charge in [0, 0.05) is 13.1 Å². The van der Waals surface area contributed by atoms with Crippen LogP contribution in [0, 0.1) is 0 Å². The van der Waals surface area contributed by atoms with Crippen LogP contribution in [0.3, 0.4) is 0 Å². The fraction of sp³-hybridized carbons (Fsp3) is 0.909. The van der Waals surface area contributed by atoms with E-state index in [4.69, 9.17) is 5.73 Å². The number of carbonyl (C=O) groups is 1. The first-order valence-electron chi connectivity index (χ1n) is 6.04. The predicted molar refractivity (Wildman–Crippen MR) is 64.0 cm³/mol. The third-order valence-electron chi connectivity index (χ3n) is 2.74.